The number of hydrogen-bond acceptors (Lipinski definition) is 6. The number of pyridine rings is 1. The van der Waals surface area contributed by atoms with E-state index in [0.29, 0.717) is 46.3 Å². The van der Waals surface area contributed by atoms with Crippen LogP contribution in [0.15, 0.2) is 85.1 Å². The first-order valence-electron chi connectivity index (χ1n) is 10.7. The Morgan fingerprint density at radius 2 is 1.68 bits per heavy atom. The maximum absolute atomic E-state index is 9.47. The average Bonchev–Trinajstić information content (AvgIpc) is 3.29. The van der Waals surface area contributed by atoms with Crippen LogP contribution in [0.1, 0.15) is 11.1 Å². The number of nitrogens with zero attached hydrogens (tertiary/aromatic N) is 3. The number of aliphatic hydroxyl groups is 1. The Morgan fingerprint density at radius 1 is 0.882 bits per heavy atom. The number of rotatable bonds is 7. The highest BCUT2D eigenvalue weighted by atomic mass is 16.5. The summed E-state index contributed by atoms with van der Waals surface area (Å²) in [5.74, 6) is 2.56. The Morgan fingerprint density at radius 3 is 2.44 bits per heavy atom. The number of hydrogen-bond donors (Lipinski definition) is 2. The number of benzene rings is 3. The van der Waals surface area contributed by atoms with Crippen molar-refractivity contribution >= 4 is 11.0 Å². The van der Waals surface area contributed by atoms with Crippen LogP contribution >= 0.6 is 0 Å². The van der Waals surface area contributed by atoms with Crippen molar-refractivity contribution in [2.45, 2.75) is 6.42 Å². The van der Waals surface area contributed by atoms with Crippen LogP contribution in [0.4, 0.5) is 0 Å². The highest BCUT2D eigenvalue weighted by molar-refractivity contribution is 5.83. The largest absolute Gasteiger partial charge is 0.453 e. The van der Waals surface area contributed by atoms with Crippen LogP contribution in [0.5, 0.6) is 23.0 Å². The number of aromatic amines is 1. The van der Waals surface area contributed by atoms with Crippen LogP contribution in [0.3, 0.4) is 0 Å². The number of para-hydroxylation sites is 1. The van der Waals surface area contributed by atoms with Gasteiger partial charge in [-0.1, -0.05) is 30.3 Å². The SMILES string of the molecule is N#Cc1ccccc1Oc1cc2nc(-c3ccccn3)[nH]c2cc1Oc1ccc(CCO)cc1. The summed E-state index contributed by atoms with van der Waals surface area (Å²) >= 11 is 0. The second-order valence-electron chi connectivity index (χ2n) is 7.55. The van der Waals surface area contributed by atoms with Crippen molar-refractivity contribution < 1.29 is 14.6 Å². The molecule has 0 radical (unpaired) electrons. The molecule has 7 heteroatoms. The normalized spacial score (nSPS) is 10.7. The third-order valence-electron chi connectivity index (χ3n) is 5.23. The van der Waals surface area contributed by atoms with Crippen molar-refractivity contribution in [3.05, 3.63) is 96.2 Å². The molecular formula is C27H20N4O3. The number of ether oxygens (including phenoxy) is 2. The molecule has 0 atom stereocenters. The monoisotopic (exact) mass is 448 g/mol. The third kappa shape index (κ3) is 4.44. The van der Waals surface area contributed by atoms with E-state index in [-0.39, 0.29) is 6.61 Å². The Labute approximate surface area is 195 Å². The van der Waals surface area contributed by atoms with Crippen molar-refractivity contribution in [1.29, 1.82) is 5.26 Å². The molecule has 7 nitrogen and oxygen atoms in total. The number of nitriles is 1. The molecule has 0 spiro atoms. The first-order chi connectivity index (χ1) is 16.7. The molecule has 0 aliphatic rings. The van der Waals surface area contributed by atoms with E-state index in [4.69, 9.17) is 14.6 Å². The lowest BCUT2D eigenvalue weighted by molar-refractivity contribution is 0.299. The molecule has 3 aromatic carbocycles. The van der Waals surface area contributed by atoms with Crippen molar-refractivity contribution in [2.24, 2.45) is 0 Å². The lowest BCUT2D eigenvalue weighted by atomic mass is 10.1. The molecule has 5 rings (SSSR count). The first kappa shape index (κ1) is 21.2. The Bertz CT molecular complexity index is 1470. The van der Waals surface area contributed by atoms with E-state index >= 15 is 0 Å². The minimum atomic E-state index is 0.0889. The smallest absolute Gasteiger partial charge is 0.172 e. The number of nitrogens with one attached hydrogen (secondary N) is 1. The van der Waals surface area contributed by atoms with Gasteiger partial charge in [-0.05, 0) is 48.4 Å². The number of imidazole rings is 1. The maximum Gasteiger partial charge on any atom is 0.172 e. The molecule has 5 aromatic rings. The molecule has 0 bridgehead atoms. The minimum Gasteiger partial charge on any atom is -0.453 e. The van der Waals surface area contributed by atoms with Crippen LogP contribution in [-0.2, 0) is 6.42 Å². The molecule has 2 N–H and O–H groups in total. The summed E-state index contributed by atoms with van der Waals surface area (Å²) in [5.41, 5.74) is 3.58. The quantitative estimate of drug-likeness (QED) is 0.335. The van der Waals surface area contributed by atoms with Gasteiger partial charge in [-0.15, -0.1) is 0 Å². The molecule has 0 amide bonds. The van der Waals surface area contributed by atoms with Crippen molar-refractivity contribution in [3.8, 4) is 40.6 Å². The van der Waals surface area contributed by atoms with Gasteiger partial charge in [0.15, 0.2) is 17.3 Å². The van der Waals surface area contributed by atoms with Gasteiger partial charge in [-0.2, -0.15) is 5.26 Å². The van der Waals surface area contributed by atoms with Crippen LogP contribution in [-0.4, -0.2) is 26.7 Å². The fourth-order valence-corrected chi connectivity index (χ4v) is 3.55. The van der Waals surface area contributed by atoms with Crippen LogP contribution in [0, 0.1) is 11.3 Å². The van der Waals surface area contributed by atoms with Gasteiger partial charge in [-0.3, -0.25) is 4.98 Å². The van der Waals surface area contributed by atoms with Crippen molar-refractivity contribution in [1.82, 2.24) is 15.0 Å². The van der Waals surface area contributed by atoms with Gasteiger partial charge < -0.3 is 19.6 Å². The van der Waals surface area contributed by atoms with E-state index in [0.717, 1.165) is 16.8 Å². The zero-order valence-corrected chi connectivity index (χ0v) is 18.1. The number of aromatic nitrogens is 3. The van der Waals surface area contributed by atoms with E-state index in [1.54, 1.807) is 30.5 Å². The molecule has 34 heavy (non-hydrogen) atoms. The fraction of sp³-hybridized carbons (Fsp3) is 0.0741. The Balaban J connectivity index is 1.57. The maximum atomic E-state index is 9.47. The lowest BCUT2D eigenvalue weighted by Gasteiger charge is -2.13. The average molecular weight is 448 g/mol. The fourth-order valence-electron chi connectivity index (χ4n) is 3.55. The standard InChI is InChI=1S/C27H20N4O3/c28-17-19-5-1-2-7-24(19)34-26-16-23-22(30-27(31-23)21-6-3-4-13-29-21)15-25(26)33-20-10-8-18(9-11-20)12-14-32/h1-11,13,15-16,32H,12,14H2,(H,30,31). The summed E-state index contributed by atoms with van der Waals surface area (Å²) < 4.78 is 12.3. The van der Waals surface area contributed by atoms with Gasteiger partial charge in [0.2, 0.25) is 0 Å². The van der Waals surface area contributed by atoms with E-state index in [2.05, 4.69) is 21.0 Å². The molecule has 0 aliphatic carbocycles. The van der Waals surface area contributed by atoms with Gasteiger partial charge >= 0.3 is 0 Å². The lowest BCUT2D eigenvalue weighted by Crippen LogP contribution is -1.94. The van der Waals surface area contributed by atoms with E-state index in [9.17, 15) is 5.26 Å². The highest BCUT2D eigenvalue weighted by Crippen LogP contribution is 2.39. The van der Waals surface area contributed by atoms with Crippen molar-refractivity contribution in [2.75, 3.05) is 6.61 Å². The summed E-state index contributed by atoms with van der Waals surface area (Å²) in [7, 11) is 0. The molecular weight excluding hydrogens is 428 g/mol. The summed E-state index contributed by atoms with van der Waals surface area (Å²) in [6, 6.07) is 25.9. The van der Waals surface area contributed by atoms with Gasteiger partial charge in [0.25, 0.3) is 0 Å². The zero-order valence-electron chi connectivity index (χ0n) is 18.1. The molecule has 166 valence electrons. The summed E-state index contributed by atoms with van der Waals surface area (Å²) in [6.07, 6.45) is 2.29. The van der Waals surface area contributed by atoms with Crippen LogP contribution < -0.4 is 9.47 Å². The van der Waals surface area contributed by atoms with Gasteiger partial charge in [0, 0.05) is 24.9 Å². The number of fused-ring (bicyclic) bond motifs is 1. The van der Waals surface area contributed by atoms with Crippen LogP contribution in [0.2, 0.25) is 0 Å². The second-order valence-corrected chi connectivity index (χ2v) is 7.55. The van der Waals surface area contributed by atoms with E-state index in [1.165, 1.54) is 0 Å². The van der Waals surface area contributed by atoms with E-state index in [1.807, 2.05) is 54.6 Å². The molecule has 0 saturated carbocycles. The second kappa shape index (κ2) is 9.45. The zero-order chi connectivity index (χ0) is 23.3. The summed E-state index contributed by atoms with van der Waals surface area (Å²) in [4.78, 5) is 12.3. The van der Waals surface area contributed by atoms with Gasteiger partial charge in [0.05, 0.1) is 16.6 Å². The number of H-pyrrole nitrogens is 1. The molecule has 0 fully saturated rings. The minimum absolute atomic E-state index is 0.0889. The predicted molar refractivity (Wildman–Crippen MR) is 128 cm³/mol. The van der Waals surface area contributed by atoms with Crippen LogP contribution in [0.25, 0.3) is 22.6 Å². The summed E-state index contributed by atoms with van der Waals surface area (Å²) in [6.45, 7) is 0.0889. The predicted octanol–water partition coefficient (Wildman–Crippen LogP) is 5.62. The van der Waals surface area contributed by atoms with Gasteiger partial charge in [-0.25, -0.2) is 4.98 Å². The van der Waals surface area contributed by atoms with Gasteiger partial charge in [0.1, 0.15) is 23.3 Å². The third-order valence-corrected chi connectivity index (χ3v) is 5.23. The Kier molecular flexibility index (Phi) is 5.89. The molecule has 0 aliphatic heterocycles. The van der Waals surface area contributed by atoms with E-state index < -0.39 is 0 Å². The molecule has 0 saturated heterocycles. The topological polar surface area (TPSA) is 104 Å². The number of aliphatic hydroxyl groups excluding tert-OH is 1. The first-order valence-corrected chi connectivity index (χ1v) is 10.7. The highest BCUT2D eigenvalue weighted by Gasteiger charge is 2.16. The molecule has 2 heterocycles. The molecule has 2 aromatic heterocycles. The molecule has 0 unspecified atom stereocenters. The summed E-state index contributed by atoms with van der Waals surface area (Å²) in [5, 5.41) is 18.6. The Hall–Kier alpha value is -4.67. The van der Waals surface area contributed by atoms with Crippen molar-refractivity contribution in [3.63, 3.8) is 0 Å².